The van der Waals surface area contributed by atoms with E-state index in [1.165, 1.54) is 11.1 Å². The van der Waals surface area contributed by atoms with Gasteiger partial charge in [-0.25, -0.2) is 0 Å². The lowest BCUT2D eigenvalue weighted by Crippen LogP contribution is -2.23. The predicted molar refractivity (Wildman–Crippen MR) is 71.3 cm³/mol. The Labute approximate surface area is 105 Å². The Hall–Kier alpha value is -0.860. The quantitative estimate of drug-likeness (QED) is 0.821. The number of benzene rings is 1. The van der Waals surface area contributed by atoms with Gasteiger partial charge in [-0.1, -0.05) is 24.3 Å². The number of hydrogen-bond donors (Lipinski definition) is 1. The van der Waals surface area contributed by atoms with Crippen LogP contribution in [-0.2, 0) is 4.74 Å². The largest absolute Gasteiger partial charge is 0.396 e. The zero-order valence-corrected chi connectivity index (χ0v) is 11.4. The highest BCUT2D eigenvalue weighted by Crippen LogP contribution is 2.27. The third kappa shape index (κ3) is 4.14. The highest BCUT2D eigenvalue weighted by Gasteiger charge is 2.20. The smallest absolute Gasteiger partial charge is 0.0623 e. The monoisotopic (exact) mass is 236 g/mol. The summed E-state index contributed by atoms with van der Waals surface area (Å²) in [6.07, 6.45) is 1.89. The topological polar surface area (TPSA) is 29.5 Å². The zero-order chi connectivity index (χ0) is 12.9. The third-order valence-electron chi connectivity index (χ3n) is 3.50. The van der Waals surface area contributed by atoms with Crippen molar-refractivity contribution in [2.75, 3.05) is 13.7 Å². The molecule has 0 amide bonds. The summed E-state index contributed by atoms with van der Waals surface area (Å²) in [6.45, 7) is 6.46. The third-order valence-corrected chi connectivity index (χ3v) is 3.50. The fraction of sp³-hybridized carbons (Fsp3) is 0.600. The number of aryl methyl sites for hydroxylation is 1. The van der Waals surface area contributed by atoms with Gasteiger partial charge >= 0.3 is 0 Å². The zero-order valence-electron chi connectivity index (χ0n) is 11.4. The van der Waals surface area contributed by atoms with E-state index in [0.29, 0.717) is 0 Å². The van der Waals surface area contributed by atoms with Crippen molar-refractivity contribution in [3.8, 4) is 0 Å². The van der Waals surface area contributed by atoms with E-state index in [9.17, 15) is 5.11 Å². The molecule has 0 bridgehead atoms. The summed E-state index contributed by atoms with van der Waals surface area (Å²) in [4.78, 5) is 0. The maximum atomic E-state index is 9.53. The van der Waals surface area contributed by atoms with Gasteiger partial charge in [0, 0.05) is 19.6 Å². The summed E-state index contributed by atoms with van der Waals surface area (Å²) in [7, 11) is 1.74. The molecule has 0 aliphatic heterocycles. The van der Waals surface area contributed by atoms with E-state index in [4.69, 9.17) is 4.74 Å². The van der Waals surface area contributed by atoms with Crippen LogP contribution >= 0.6 is 0 Å². The van der Waals surface area contributed by atoms with Crippen molar-refractivity contribution < 1.29 is 9.84 Å². The molecule has 0 spiro atoms. The van der Waals surface area contributed by atoms with E-state index in [-0.39, 0.29) is 18.1 Å². The average Bonchev–Trinajstić information content (AvgIpc) is 2.32. The molecule has 0 heterocycles. The van der Waals surface area contributed by atoms with Crippen LogP contribution < -0.4 is 0 Å². The van der Waals surface area contributed by atoms with Crippen molar-refractivity contribution in [3.05, 3.63) is 35.4 Å². The van der Waals surface area contributed by atoms with Crippen molar-refractivity contribution in [2.45, 2.75) is 45.1 Å². The summed E-state index contributed by atoms with van der Waals surface area (Å²) < 4.78 is 5.42. The summed E-state index contributed by atoms with van der Waals surface area (Å²) in [5.41, 5.74) is 2.39. The summed E-state index contributed by atoms with van der Waals surface area (Å²) in [5, 5.41) is 9.53. The minimum atomic E-state index is -0.115. The molecule has 2 nitrogen and oxygen atoms in total. The predicted octanol–water partition coefficient (Wildman–Crippen LogP) is 3.28. The molecule has 0 saturated carbocycles. The van der Waals surface area contributed by atoms with E-state index in [2.05, 4.69) is 32.9 Å². The van der Waals surface area contributed by atoms with Crippen LogP contribution in [0.4, 0.5) is 0 Å². The van der Waals surface area contributed by atoms with E-state index in [1.807, 2.05) is 12.1 Å². The maximum absolute atomic E-state index is 9.53. The second-order valence-electron chi connectivity index (χ2n) is 5.24. The molecule has 1 rings (SSSR count). The Morgan fingerprint density at radius 3 is 2.47 bits per heavy atom. The Balaban J connectivity index is 2.70. The molecule has 0 fully saturated rings. The first kappa shape index (κ1) is 14.2. The first-order valence-electron chi connectivity index (χ1n) is 6.21. The second-order valence-corrected chi connectivity index (χ2v) is 5.24. The second kappa shape index (κ2) is 6.18. The molecular formula is C15H24O2. The number of rotatable bonds is 6. The fourth-order valence-electron chi connectivity index (χ4n) is 2.01. The van der Waals surface area contributed by atoms with Crippen LogP contribution in [0, 0.1) is 6.92 Å². The van der Waals surface area contributed by atoms with Crippen molar-refractivity contribution >= 4 is 0 Å². The molecule has 0 aromatic heterocycles. The lowest BCUT2D eigenvalue weighted by molar-refractivity contribution is 0.0111. The Bertz CT molecular complexity index is 345. The summed E-state index contributed by atoms with van der Waals surface area (Å²) in [5.74, 6) is 0.214. The molecule has 0 saturated heterocycles. The van der Waals surface area contributed by atoms with Crippen molar-refractivity contribution in [3.63, 3.8) is 0 Å². The number of aliphatic hydroxyl groups excluding tert-OH is 1. The molecule has 0 aliphatic carbocycles. The van der Waals surface area contributed by atoms with Gasteiger partial charge in [0.25, 0.3) is 0 Å². The average molecular weight is 236 g/mol. The highest BCUT2D eigenvalue weighted by atomic mass is 16.5. The van der Waals surface area contributed by atoms with Gasteiger partial charge in [-0.15, -0.1) is 0 Å². The van der Waals surface area contributed by atoms with Crippen molar-refractivity contribution in [1.29, 1.82) is 0 Å². The first-order chi connectivity index (χ1) is 8.00. The molecule has 1 unspecified atom stereocenters. The SMILES string of the molecule is COC(C)(C)CCC(CO)c1ccccc1C. The Morgan fingerprint density at radius 1 is 1.29 bits per heavy atom. The molecule has 0 aliphatic rings. The van der Waals surface area contributed by atoms with Crippen molar-refractivity contribution in [1.82, 2.24) is 0 Å². The Kier molecular flexibility index (Phi) is 5.16. The number of ether oxygens (including phenoxy) is 1. The fourth-order valence-corrected chi connectivity index (χ4v) is 2.01. The van der Waals surface area contributed by atoms with E-state index in [1.54, 1.807) is 7.11 Å². The summed E-state index contributed by atoms with van der Waals surface area (Å²) >= 11 is 0. The Morgan fingerprint density at radius 2 is 1.94 bits per heavy atom. The molecule has 1 aromatic rings. The molecule has 96 valence electrons. The van der Waals surface area contributed by atoms with Gasteiger partial charge < -0.3 is 9.84 Å². The van der Waals surface area contributed by atoms with Crippen LogP contribution in [0.25, 0.3) is 0 Å². The van der Waals surface area contributed by atoms with Gasteiger partial charge in [0.2, 0.25) is 0 Å². The lowest BCUT2D eigenvalue weighted by Gasteiger charge is -2.26. The standard InChI is InChI=1S/C15H24O2/c1-12-7-5-6-8-14(12)13(11-16)9-10-15(2,3)17-4/h5-8,13,16H,9-11H2,1-4H3. The van der Waals surface area contributed by atoms with Crippen LogP contribution in [0.15, 0.2) is 24.3 Å². The van der Waals surface area contributed by atoms with Gasteiger partial charge in [0.15, 0.2) is 0 Å². The lowest BCUT2D eigenvalue weighted by atomic mass is 9.88. The normalized spacial score (nSPS) is 13.7. The van der Waals surface area contributed by atoms with Crippen LogP contribution in [0.3, 0.4) is 0 Å². The minimum absolute atomic E-state index is 0.115. The van der Waals surface area contributed by atoms with Gasteiger partial charge in [0.05, 0.1) is 5.60 Å². The first-order valence-corrected chi connectivity index (χ1v) is 6.21. The van der Waals surface area contributed by atoms with Crippen LogP contribution in [0.2, 0.25) is 0 Å². The minimum Gasteiger partial charge on any atom is -0.396 e. The van der Waals surface area contributed by atoms with Crippen LogP contribution in [-0.4, -0.2) is 24.4 Å². The molecule has 0 radical (unpaired) electrons. The van der Waals surface area contributed by atoms with Gasteiger partial charge in [-0.2, -0.15) is 0 Å². The molecular weight excluding hydrogens is 212 g/mol. The van der Waals surface area contributed by atoms with Crippen LogP contribution in [0.1, 0.15) is 43.7 Å². The van der Waals surface area contributed by atoms with E-state index in [0.717, 1.165) is 12.8 Å². The van der Waals surface area contributed by atoms with E-state index < -0.39 is 0 Å². The molecule has 1 N–H and O–H groups in total. The number of methoxy groups -OCH3 is 1. The molecule has 2 heteroatoms. The maximum Gasteiger partial charge on any atom is 0.0623 e. The molecule has 17 heavy (non-hydrogen) atoms. The van der Waals surface area contributed by atoms with E-state index >= 15 is 0 Å². The van der Waals surface area contributed by atoms with Gasteiger partial charge in [0.1, 0.15) is 0 Å². The molecule has 1 aromatic carbocycles. The highest BCUT2D eigenvalue weighted by molar-refractivity contribution is 5.29. The van der Waals surface area contributed by atoms with Gasteiger partial charge in [-0.05, 0) is 44.7 Å². The molecule has 1 atom stereocenters. The summed E-state index contributed by atoms with van der Waals surface area (Å²) in [6, 6.07) is 8.27. The van der Waals surface area contributed by atoms with Crippen LogP contribution in [0.5, 0.6) is 0 Å². The van der Waals surface area contributed by atoms with Crippen molar-refractivity contribution in [2.24, 2.45) is 0 Å². The van der Waals surface area contributed by atoms with Gasteiger partial charge in [-0.3, -0.25) is 0 Å². The number of aliphatic hydroxyl groups is 1. The number of hydrogen-bond acceptors (Lipinski definition) is 2.